The van der Waals surface area contributed by atoms with E-state index in [1.54, 1.807) is 6.07 Å². The lowest BCUT2D eigenvalue weighted by Crippen LogP contribution is -2.23. The molecule has 1 saturated carbocycles. The molecule has 0 aliphatic heterocycles. The molecule has 2 rings (SSSR count). The molecular formula is C12H14N2O2S. The summed E-state index contributed by atoms with van der Waals surface area (Å²) in [4.78, 5) is 0.120. The quantitative estimate of drug-likeness (QED) is 0.820. The lowest BCUT2D eigenvalue weighted by molar-refractivity contribution is 0.520. The van der Waals surface area contributed by atoms with E-state index in [-0.39, 0.29) is 4.90 Å². The van der Waals surface area contributed by atoms with Gasteiger partial charge in [0.05, 0.1) is 5.56 Å². The first-order valence-corrected chi connectivity index (χ1v) is 6.88. The van der Waals surface area contributed by atoms with Crippen molar-refractivity contribution >= 4 is 10.0 Å². The minimum absolute atomic E-state index is 0.120. The Kier molecular flexibility index (Phi) is 2.94. The van der Waals surface area contributed by atoms with Crippen molar-refractivity contribution in [1.29, 1.82) is 5.26 Å². The molecule has 4 nitrogen and oxygen atoms in total. The molecule has 1 aliphatic rings. The Labute approximate surface area is 102 Å². The van der Waals surface area contributed by atoms with Crippen LogP contribution in [0.1, 0.15) is 29.9 Å². The third-order valence-corrected chi connectivity index (χ3v) is 4.80. The van der Waals surface area contributed by atoms with Crippen LogP contribution in [0, 0.1) is 11.3 Å². The fourth-order valence-corrected chi connectivity index (χ4v) is 2.88. The zero-order valence-electron chi connectivity index (χ0n) is 9.84. The highest BCUT2D eigenvalue weighted by molar-refractivity contribution is 7.89. The number of hydrogen-bond acceptors (Lipinski definition) is 3. The van der Waals surface area contributed by atoms with Gasteiger partial charge in [-0.1, -0.05) is 12.1 Å². The second-order valence-corrected chi connectivity index (χ2v) is 6.51. The van der Waals surface area contributed by atoms with Crippen molar-refractivity contribution < 1.29 is 8.42 Å². The summed E-state index contributed by atoms with van der Waals surface area (Å²) in [7, 11) is -0.592. The number of rotatable bonds is 3. The summed E-state index contributed by atoms with van der Waals surface area (Å²) < 4.78 is 25.3. The van der Waals surface area contributed by atoms with Crippen LogP contribution in [0.25, 0.3) is 0 Å². The van der Waals surface area contributed by atoms with Gasteiger partial charge in [0.2, 0.25) is 10.0 Å². The maximum Gasteiger partial charge on any atom is 0.243 e. The molecule has 0 atom stereocenters. The predicted molar refractivity (Wildman–Crippen MR) is 64.0 cm³/mol. The van der Waals surface area contributed by atoms with Crippen LogP contribution in [0.2, 0.25) is 0 Å². The maximum atomic E-state index is 12.1. The third-order valence-electron chi connectivity index (χ3n) is 2.95. The van der Waals surface area contributed by atoms with Gasteiger partial charge in [-0.05, 0) is 30.4 Å². The molecule has 0 spiro atoms. The number of sulfonamides is 1. The zero-order chi connectivity index (χ0) is 12.6. The molecule has 0 amide bonds. The zero-order valence-corrected chi connectivity index (χ0v) is 10.7. The van der Waals surface area contributed by atoms with Gasteiger partial charge in [-0.25, -0.2) is 12.7 Å². The summed E-state index contributed by atoms with van der Waals surface area (Å²) in [5, 5.41) is 9.19. The number of benzene rings is 1. The normalized spacial score (nSPS) is 15.9. The van der Waals surface area contributed by atoms with Gasteiger partial charge in [0, 0.05) is 14.1 Å². The minimum Gasteiger partial charge on any atom is -0.207 e. The van der Waals surface area contributed by atoms with Crippen molar-refractivity contribution in [1.82, 2.24) is 4.31 Å². The van der Waals surface area contributed by atoms with E-state index < -0.39 is 10.0 Å². The largest absolute Gasteiger partial charge is 0.243 e. The van der Waals surface area contributed by atoms with Gasteiger partial charge in [0.1, 0.15) is 11.0 Å². The van der Waals surface area contributed by atoms with Crippen LogP contribution in [0.4, 0.5) is 0 Å². The van der Waals surface area contributed by atoms with Crippen LogP contribution >= 0.6 is 0 Å². The smallest absolute Gasteiger partial charge is 0.207 e. The van der Waals surface area contributed by atoms with Crippen LogP contribution < -0.4 is 0 Å². The van der Waals surface area contributed by atoms with E-state index in [0.717, 1.165) is 22.7 Å². The molecule has 0 unspecified atom stereocenters. The van der Waals surface area contributed by atoms with E-state index in [1.165, 1.54) is 20.2 Å². The monoisotopic (exact) mass is 250 g/mol. The molecule has 1 fully saturated rings. The molecule has 17 heavy (non-hydrogen) atoms. The van der Waals surface area contributed by atoms with Gasteiger partial charge in [0.15, 0.2) is 0 Å². The Hall–Kier alpha value is -1.38. The number of hydrogen-bond donors (Lipinski definition) is 0. The van der Waals surface area contributed by atoms with Gasteiger partial charge in [-0.3, -0.25) is 0 Å². The lowest BCUT2D eigenvalue weighted by Gasteiger charge is -2.14. The standard InChI is InChI=1S/C12H14N2O2S/c1-14(2)17(15,16)12-5-3-4-10(9-6-7-9)11(12)8-13/h3-5,9H,6-7H2,1-2H3. The van der Waals surface area contributed by atoms with Crippen LogP contribution in [0.3, 0.4) is 0 Å². The Morgan fingerprint density at radius 1 is 1.35 bits per heavy atom. The van der Waals surface area contributed by atoms with E-state index in [9.17, 15) is 13.7 Å². The van der Waals surface area contributed by atoms with Gasteiger partial charge < -0.3 is 0 Å². The van der Waals surface area contributed by atoms with Crippen LogP contribution in [-0.4, -0.2) is 26.8 Å². The average molecular weight is 250 g/mol. The van der Waals surface area contributed by atoms with Gasteiger partial charge in [0.25, 0.3) is 0 Å². The molecule has 0 N–H and O–H groups in total. The summed E-state index contributed by atoms with van der Waals surface area (Å²) in [6.07, 6.45) is 2.08. The summed E-state index contributed by atoms with van der Waals surface area (Å²) in [6.45, 7) is 0. The molecule has 0 saturated heterocycles. The van der Waals surface area contributed by atoms with Gasteiger partial charge in [-0.15, -0.1) is 0 Å². The molecule has 1 aromatic rings. The van der Waals surface area contributed by atoms with Crippen LogP contribution in [-0.2, 0) is 10.0 Å². The van der Waals surface area contributed by atoms with E-state index in [1.807, 2.05) is 12.1 Å². The van der Waals surface area contributed by atoms with Crippen molar-refractivity contribution in [3.8, 4) is 6.07 Å². The van der Waals surface area contributed by atoms with Gasteiger partial charge >= 0.3 is 0 Å². The van der Waals surface area contributed by atoms with E-state index in [4.69, 9.17) is 0 Å². The fourth-order valence-electron chi connectivity index (χ4n) is 1.81. The number of nitrogens with zero attached hydrogens (tertiary/aromatic N) is 2. The molecule has 90 valence electrons. The minimum atomic E-state index is -3.54. The van der Waals surface area contributed by atoms with Crippen molar-refractivity contribution in [3.05, 3.63) is 29.3 Å². The SMILES string of the molecule is CN(C)S(=O)(=O)c1cccc(C2CC2)c1C#N. The summed E-state index contributed by atoms with van der Waals surface area (Å²) in [5.74, 6) is 0.363. The van der Waals surface area contributed by atoms with Crippen LogP contribution in [0.15, 0.2) is 23.1 Å². The Balaban J connectivity index is 2.63. The van der Waals surface area contributed by atoms with Crippen molar-refractivity contribution in [2.45, 2.75) is 23.7 Å². The second-order valence-electron chi connectivity index (χ2n) is 4.39. The first-order chi connectivity index (χ1) is 7.98. The Morgan fingerprint density at radius 2 is 2.00 bits per heavy atom. The third kappa shape index (κ3) is 2.06. The topological polar surface area (TPSA) is 61.2 Å². The van der Waals surface area contributed by atoms with E-state index in [0.29, 0.717) is 11.5 Å². The molecule has 1 aliphatic carbocycles. The molecule has 0 bridgehead atoms. The Bertz CT molecular complexity index is 581. The Morgan fingerprint density at radius 3 is 2.47 bits per heavy atom. The molecule has 1 aromatic carbocycles. The molecular weight excluding hydrogens is 236 g/mol. The maximum absolute atomic E-state index is 12.1. The average Bonchev–Trinajstić information content (AvgIpc) is 3.11. The molecule has 0 aromatic heterocycles. The summed E-state index contributed by atoms with van der Waals surface area (Å²) in [6, 6.07) is 7.11. The van der Waals surface area contributed by atoms with Crippen molar-refractivity contribution in [2.75, 3.05) is 14.1 Å². The highest BCUT2D eigenvalue weighted by Gasteiger charge is 2.30. The highest BCUT2D eigenvalue weighted by Crippen LogP contribution is 2.42. The second kappa shape index (κ2) is 4.13. The number of nitriles is 1. The summed E-state index contributed by atoms with van der Waals surface area (Å²) in [5.41, 5.74) is 1.18. The lowest BCUT2D eigenvalue weighted by atomic mass is 10.0. The fraction of sp³-hybridized carbons (Fsp3) is 0.417. The van der Waals surface area contributed by atoms with Crippen molar-refractivity contribution in [2.24, 2.45) is 0 Å². The molecule has 0 heterocycles. The first-order valence-electron chi connectivity index (χ1n) is 5.44. The summed E-state index contributed by atoms with van der Waals surface area (Å²) >= 11 is 0. The highest BCUT2D eigenvalue weighted by atomic mass is 32.2. The van der Waals surface area contributed by atoms with Crippen LogP contribution in [0.5, 0.6) is 0 Å². The molecule has 5 heteroatoms. The predicted octanol–water partition coefficient (Wildman–Crippen LogP) is 1.69. The molecule has 0 radical (unpaired) electrons. The van der Waals surface area contributed by atoms with E-state index >= 15 is 0 Å². The first kappa shape index (κ1) is 12.1. The van der Waals surface area contributed by atoms with E-state index in [2.05, 4.69) is 0 Å². The van der Waals surface area contributed by atoms with Gasteiger partial charge in [-0.2, -0.15) is 5.26 Å². The van der Waals surface area contributed by atoms with Crippen molar-refractivity contribution in [3.63, 3.8) is 0 Å².